The highest BCUT2D eigenvalue weighted by atomic mass is 17.2. The highest BCUT2D eigenvalue weighted by molar-refractivity contribution is 4.44. The van der Waals surface area contributed by atoms with Crippen LogP contribution in [-0.4, -0.2) is 21.2 Å². The van der Waals surface area contributed by atoms with Gasteiger partial charge < -0.3 is 0 Å². The first-order valence-corrected chi connectivity index (χ1v) is 3.32. The molecule has 0 heterocycles. The molecule has 0 amide bonds. The fourth-order valence-electron chi connectivity index (χ4n) is 0.584. The molecule has 0 rings (SSSR count). The average molecular weight is 227 g/mol. The maximum atomic E-state index is 9.91. The zero-order valence-corrected chi connectivity index (χ0v) is 7.22. The highest BCUT2D eigenvalue weighted by Gasteiger charge is 2.42. The van der Waals surface area contributed by atoms with Crippen molar-refractivity contribution in [3.05, 3.63) is 30.3 Å². The van der Waals surface area contributed by atoms with Gasteiger partial charge in [-0.25, -0.2) is 0 Å². The molecule has 0 radical (unpaired) electrons. The topological polar surface area (TPSA) is 157 Å². The third-order valence-corrected chi connectivity index (χ3v) is 1.07. The number of hydrogen-bond acceptors (Lipinski definition) is 9. The van der Waals surface area contributed by atoms with Crippen LogP contribution in [0.4, 0.5) is 0 Å². The van der Waals surface area contributed by atoms with Crippen LogP contribution < -0.4 is 0 Å². The summed E-state index contributed by atoms with van der Waals surface area (Å²) in [5.74, 6) is -2.99. The van der Waals surface area contributed by atoms with Crippen LogP contribution in [0.5, 0.6) is 0 Å². The Morgan fingerprint density at radius 1 is 0.933 bits per heavy atom. The van der Waals surface area contributed by atoms with Gasteiger partial charge in [0, 0.05) is 6.42 Å². The van der Waals surface area contributed by atoms with Gasteiger partial charge in [-0.1, -0.05) is 6.92 Å². The van der Waals surface area contributed by atoms with Crippen molar-refractivity contribution in [2.45, 2.75) is 19.3 Å². The Hall–Kier alpha value is -2.40. The predicted octanol–water partition coefficient (Wildman–Crippen LogP) is -0.325. The standard InChI is InChI=1S/C3H5N3O9/c1-2-3(13-4(7)8,14-5(9)10)15-6(11)12/h2H2,1H3. The Balaban J connectivity index is 4.81. The van der Waals surface area contributed by atoms with E-state index in [0.717, 1.165) is 6.92 Å². The van der Waals surface area contributed by atoms with E-state index < -0.39 is 27.7 Å². The van der Waals surface area contributed by atoms with E-state index in [2.05, 4.69) is 14.5 Å². The summed E-state index contributed by atoms with van der Waals surface area (Å²) < 4.78 is 0. The van der Waals surface area contributed by atoms with Gasteiger partial charge in [0.05, 0.1) is 0 Å². The van der Waals surface area contributed by atoms with Gasteiger partial charge in [0.1, 0.15) is 0 Å². The summed E-state index contributed by atoms with van der Waals surface area (Å²) in [5.41, 5.74) is 0. The second-order valence-electron chi connectivity index (χ2n) is 1.98. The first kappa shape index (κ1) is 12.6. The van der Waals surface area contributed by atoms with Crippen LogP contribution in [0.2, 0.25) is 0 Å². The Morgan fingerprint density at radius 2 is 1.20 bits per heavy atom. The Kier molecular flexibility index (Phi) is 3.97. The quantitative estimate of drug-likeness (QED) is 0.322. The summed E-state index contributed by atoms with van der Waals surface area (Å²) in [6, 6.07) is 0. The molecule has 0 saturated carbocycles. The third-order valence-electron chi connectivity index (χ3n) is 1.07. The molecule has 12 heteroatoms. The maximum absolute atomic E-state index is 9.91. The number of nitrogens with zero attached hydrogens (tertiary/aromatic N) is 3. The van der Waals surface area contributed by atoms with Crippen molar-refractivity contribution in [1.29, 1.82) is 0 Å². The molecule has 12 nitrogen and oxygen atoms in total. The number of rotatable bonds is 7. The molecule has 0 atom stereocenters. The minimum atomic E-state index is -2.99. The molecule has 0 N–H and O–H groups in total. The molecule has 0 aromatic carbocycles. The van der Waals surface area contributed by atoms with Crippen LogP contribution in [0.25, 0.3) is 0 Å². The summed E-state index contributed by atoms with van der Waals surface area (Å²) in [4.78, 5) is 40.6. The molecule has 0 aliphatic heterocycles. The second kappa shape index (κ2) is 4.73. The minimum absolute atomic E-state index is 0.643. The van der Waals surface area contributed by atoms with Gasteiger partial charge in [-0.3, -0.25) is 14.5 Å². The molecule has 0 unspecified atom stereocenters. The second-order valence-corrected chi connectivity index (χ2v) is 1.98. The van der Waals surface area contributed by atoms with Crippen LogP contribution in [0.1, 0.15) is 13.3 Å². The van der Waals surface area contributed by atoms with Crippen molar-refractivity contribution in [2.24, 2.45) is 0 Å². The Labute approximate surface area is 80.6 Å². The van der Waals surface area contributed by atoms with E-state index in [9.17, 15) is 30.3 Å². The molecular weight excluding hydrogens is 222 g/mol. The Morgan fingerprint density at radius 3 is 1.33 bits per heavy atom. The third kappa shape index (κ3) is 4.39. The van der Waals surface area contributed by atoms with Crippen molar-refractivity contribution in [2.75, 3.05) is 0 Å². The van der Waals surface area contributed by atoms with Gasteiger partial charge in [-0.05, 0) is 0 Å². The summed E-state index contributed by atoms with van der Waals surface area (Å²) in [6.45, 7) is 1.09. The molecule has 0 aliphatic rings. The molecule has 0 aliphatic carbocycles. The van der Waals surface area contributed by atoms with E-state index in [1.165, 1.54) is 0 Å². The van der Waals surface area contributed by atoms with Crippen LogP contribution in [0, 0.1) is 30.3 Å². The van der Waals surface area contributed by atoms with Crippen molar-refractivity contribution in [3.63, 3.8) is 0 Å². The van der Waals surface area contributed by atoms with Gasteiger partial charge in [-0.2, -0.15) is 0 Å². The van der Waals surface area contributed by atoms with Crippen LogP contribution in [-0.2, 0) is 14.5 Å². The molecule has 0 fully saturated rings. The molecular formula is C3H5N3O9. The van der Waals surface area contributed by atoms with E-state index in [1.54, 1.807) is 0 Å². The summed E-state index contributed by atoms with van der Waals surface area (Å²) in [6.07, 6.45) is -0.643. The van der Waals surface area contributed by atoms with Gasteiger partial charge in [0.2, 0.25) is 0 Å². The normalized spacial score (nSPS) is 10.2. The predicted molar refractivity (Wildman–Crippen MR) is 37.3 cm³/mol. The molecule has 86 valence electrons. The van der Waals surface area contributed by atoms with Crippen molar-refractivity contribution in [1.82, 2.24) is 0 Å². The van der Waals surface area contributed by atoms with Crippen LogP contribution in [0.3, 0.4) is 0 Å². The SMILES string of the molecule is CCC(O[N+](=O)[O-])(O[N+](=O)[O-])O[N+](=O)[O-]. The first-order valence-electron chi connectivity index (χ1n) is 3.32. The lowest BCUT2D eigenvalue weighted by molar-refractivity contribution is -0.955. The lowest BCUT2D eigenvalue weighted by Crippen LogP contribution is -2.43. The molecule has 0 spiro atoms. The van der Waals surface area contributed by atoms with Crippen molar-refractivity contribution >= 4 is 0 Å². The van der Waals surface area contributed by atoms with E-state index in [4.69, 9.17) is 0 Å². The zero-order valence-electron chi connectivity index (χ0n) is 7.22. The van der Waals surface area contributed by atoms with E-state index in [1.807, 2.05) is 0 Å². The van der Waals surface area contributed by atoms with Crippen LogP contribution >= 0.6 is 0 Å². The van der Waals surface area contributed by atoms with Gasteiger partial charge >= 0.3 is 5.97 Å². The molecule has 0 aromatic rings. The average Bonchev–Trinajstić information content (AvgIpc) is 1.99. The molecule has 0 bridgehead atoms. The molecule has 0 saturated heterocycles. The van der Waals surface area contributed by atoms with E-state index >= 15 is 0 Å². The molecule has 0 aromatic heterocycles. The Bertz CT molecular complexity index is 235. The van der Waals surface area contributed by atoms with E-state index in [-0.39, 0.29) is 0 Å². The number of hydrogen-bond donors (Lipinski definition) is 0. The van der Waals surface area contributed by atoms with Crippen molar-refractivity contribution in [3.8, 4) is 0 Å². The van der Waals surface area contributed by atoms with Gasteiger partial charge in [0.25, 0.3) is 15.3 Å². The first-order chi connectivity index (χ1) is 6.81. The minimum Gasteiger partial charge on any atom is -0.250 e. The largest absolute Gasteiger partial charge is 0.407 e. The smallest absolute Gasteiger partial charge is 0.250 e. The summed E-state index contributed by atoms with van der Waals surface area (Å²) >= 11 is 0. The highest BCUT2D eigenvalue weighted by Crippen LogP contribution is 2.20. The zero-order chi connectivity index (χ0) is 12.1. The summed E-state index contributed by atoms with van der Waals surface area (Å²) in [7, 11) is 0. The maximum Gasteiger partial charge on any atom is 0.407 e. The fraction of sp³-hybridized carbons (Fsp3) is 1.00. The summed E-state index contributed by atoms with van der Waals surface area (Å²) in [5, 5.41) is 25.2. The lowest BCUT2D eigenvalue weighted by Gasteiger charge is -2.23. The van der Waals surface area contributed by atoms with Gasteiger partial charge in [0.15, 0.2) is 0 Å². The van der Waals surface area contributed by atoms with Crippen LogP contribution in [0.15, 0.2) is 0 Å². The lowest BCUT2D eigenvalue weighted by atomic mass is 10.4. The van der Waals surface area contributed by atoms with E-state index in [0.29, 0.717) is 0 Å². The van der Waals surface area contributed by atoms with Gasteiger partial charge in [-0.15, -0.1) is 30.3 Å². The molecule has 15 heavy (non-hydrogen) atoms. The fourth-order valence-corrected chi connectivity index (χ4v) is 0.584. The monoisotopic (exact) mass is 227 g/mol. The van der Waals surface area contributed by atoms with Crippen molar-refractivity contribution < 1.29 is 29.8 Å².